The number of hydrogen-bond acceptors (Lipinski definition) is 5. The van der Waals surface area contributed by atoms with Gasteiger partial charge in [0.15, 0.2) is 0 Å². The SMILES string of the molecule is CCc1cc(N(c2ccc(C)cc2)c2ccc(-c3cc(C(=O)O)c(-c4cccc5ccccc45)c(CC)c3C(=O)O)c(CC)c2CC)ccc1-c1cc(C(=O)O)c(-c2cccc3ccccc23)cc1C(=O)O. The lowest BCUT2D eigenvalue weighted by Crippen LogP contribution is -2.15. The Labute approximate surface area is 417 Å². The molecule has 0 aliphatic rings. The Hall–Kier alpha value is -8.82. The van der Waals surface area contributed by atoms with Gasteiger partial charge in [-0.1, -0.05) is 142 Å². The van der Waals surface area contributed by atoms with E-state index >= 15 is 0 Å². The van der Waals surface area contributed by atoms with Gasteiger partial charge >= 0.3 is 23.9 Å². The largest absolute Gasteiger partial charge is 0.478 e. The van der Waals surface area contributed by atoms with Gasteiger partial charge in [-0.3, -0.25) is 0 Å². The van der Waals surface area contributed by atoms with E-state index in [2.05, 4.69) is 4.90 Å². The number of fused-ring (bicyclic) bond motifs is 2. The number of nitrogens with zero attached hydrogens (tertiary/aromatic N) is 1. The van der Waals surface area contributed by atoms with Crippen LogP contribution in [0.2, 0.25) is 0 Å². The molecule has 0 amide bonds. The summed E-state index contributed by atoms with van der Waals surface area (Å²) in [6, 6.07) is 48.8. The zero-order valence-electron chi connectivity index (χ0n) is 40.7. The van der Waals surface area contributed by atoms with E-state index in [0.717, 1.165) is 60.9 Å². The van der Waals surface area contributed by atoms with Crippen LogP contribution >= 0.6 is 0 Å². The number of carboxylic acids is 4. The molecule has 0 unspecified atom stereocenters. The van der Waals surface area contributed by atoms with E-state index in [1.54, 1.807) is 0 Å². The fourth-order valence-electron chi connectivity index (χ4n) is 10.7. The minimum absolute atomic E-state index is 0.0191. The summed E-state index contributed by atoms with van der Waals surface area (Å²) >= 11 is 0. The summed E-state index contributed by atoms with van der Waals surface area (Å²) in [6.45, 7) is 9.91. The second kappa shape index (κ2) is 19.9. The first-order valence-electron chi connectivity index (χ1n) is 24.2. The minimum Gasteiger partial charge on any atom is -0.478 e. The summed E-state index contributed by atoms with van der Waals surface area (Å²) in [6.07, 6.45) is 1.79. The van der Waals surface area contributed by atoms with Crippen LogP contribution < -0.4 is 4.90 Å². The molecule has 0 saturated heterocycles. The number of anilines is 3. The molecule has 9 heteroatoms. The van der Waals surface area contributed by atoms with Crippen LogP contribution in [0.1, 0.15) is 96.9 Å². The van der Waals surface area contributed by atoms with Crippen molar-refractivity contribution in [1.82, 2.24) is 0 Å². The van der Waals surface area contributed by atoms with Crippen LogP contribution in [0.25, 0.3) is 66.1 Å². The first kappa shape index (κ1) is 48.2. The molecule has 9 aromatic rings. The highest BCUT2D eigenvalue weighted by molar-refractivity contribution is 6.11. The molecule has 9 aromatic carbocycles. The average molecular weight is 952 g/mol. The van der Waals surface area contributed by atoms with Gasteiger partial charge < -0.3 is 25.3 Å². The number of rotatable bonds is 15. The Bertz CT molecular complexity index is 3650. The number of carbonyl (C=O) groups is 4. The number of carboxylic acid groups (broad SMARTS) is 4. The van der Waals surface area contributed by atoms with E-state index in [-0.39, 0.29) is 34.2 Å². The molecule has 9 nitrogen and oxygen atoms in total. The highest BCUT2D eigenvalue weighted by Crippen LogP contribution is 2.46. The van der Waals surface area contributed by atoms with Gasteiger partial charge in [-0.15, -0.1) is 0 Å². The fraction of sp³-hybridized carbons (Fsp3) is 0.143. The zero-order chi connectivity index (χ0) is 51.0. The van der Waals surface area contributed by atoms with Crippen LogP contribution in [0.4, 0.5) is 17.1 Å². The van der Waals surface area contributed by atoms with Crippen molar-refractivity contribution >= 4 is 62.5 Å². The van der Waals surface area contributed by atoms with Crippen molar-refractivity contribution < 1.29 is 39.6 Å². The normalized spacial score (nSPS) is 11.2. The van der Waals surface area contributed by atoms with Gasteiger partial charge in [-0.25, -0.2) is 19.2 Å². The summed E-state index contributed by atoms with van der Waals surface area (Å²) in [5, 5.41) is 47.0. The van der Waals surface area contributed by atoms with E-state index in [0.29, 0.717) is 63.8 Å². The topological polar surface area (TPSA) is 152 Å². The van der Waals surface area contributed by atoms with Gasteiger partial charge in [-0.2, -0.15) is 0 Å². The van der Waals surface area contributed by atoms with Crippen molar-refractivity contribution in [3.05, 3.63) is 208 Å². The van der Waals surface area contributed by atoms with Crippen LogP contribution in [0.5, 0.6) is 0 Å². The van der Waals surface area contributed by atoms with Gasteiger partial charge in [0.2, 0.25) is 0 Å². The third kappa shape index (κ3) is 8.53. The summed E-state index contributed by atoms with van der Waals surface area (Å²) in [5.74, 6) is -4.68. The molecule has 0 aliphatic carbocycles. The molecule has 9 rings (SSSR count). The van der Waals surface area contributed by atoms with Gasteiger partial charge in [0.25, 0.3) is 0 Å². The van der Waals surface area contributed by atoms with Crippen LogP contribution in [-0.2, 0) is 25.7 Å². The fourth-order valence-corrected chi connectivity index (χ4v) is 10.7. The van der Waals surface area contributed by atoms with Gasteiger partial charge in [0, 0.05) is 22.6 Å². The van der Waals surface area contributed by atoms with Crippen LogP contribution in [0.15, 0.2) is 158 Å². The highest BCUT2D eigenvalue weighted by Gasteiger charge is 2.30. The predicted octanol–water partition coefficient (Wildman–Crippen LogP) is 15.5. The van der Waals surface area contributed by atoms with E-state index in [1.165, 1.54) is 18.2 Å². The van der Waals surface area contributed by atoms with Crippen molar-refractivity contribution in [3.63, 3.8) is 0 Å². The van der Waals surface area contributed by atoms with Crippen LogP contribution in [0.3, 0.4) is 0 Å². The summed E-state index contributed by atoms with van der Waals surface area (Å²) < 4.78 is 0. The molecule has 0 radical (unpaired) electrons. The Morgan fingerprint density at radius 1 is 0.403 bits per heavy atom. The number of hydrogen-bond donors (Lipinski definition) is 4. The number of benzene rings is 9. The Kier molecular flexibility index (Phi) is 13.3. The standard InChI is InChI=1S/C63H53NO8/c1-6-37-32-41(28-29-47(37)51-33-55(61(67)68)52(34-54(51)60(65)66)48-22-14-18-38-16-10-12-20-45(38)48)64(40-26-24-36(5)25-27-40)57-31-30-49(42(7-2)43(57)8-3)53-35-56(62(69)70)58(44(9-4)59(53)63(71)72)50-23-15-19-39-17-11-13-21-46(39)50/h10-35H,6-9H2,1-5H3,(H,65,66)(H,67,68)(H,69,70)(H,71,72). The van der Waals surface area contributed by atoms with Crippen molar-refractivity contribution in [2.75, 3.05) is 4.90 Å². The Morgan fingerprint density at radius 2 is 0.903 bits per heavy atom. The first-order chi connectivity index (χ1) is 34.8. The number of aryl methyl sites for hydroxylation is 2. The molecule has 4 N–H and O–H groups in total. The molecule has 358 valence electrons. The lowest BCUT2D eigenvalue weighted by Gasteiger charge is -2.31. The Balaban J connectivity index is 1.24. The molecule has 0 aliphatic heterocycles. The van der Waals surface area contributed by atoms with Gasteiger partial charge in [-0.05, 0) is 164 Å². The van der Waals surface area contributed by atoms with Crippen LogP contribution in [0, 0.1) is 6.92 Å². The third-order valence-electron chi connectivity index (χ3n) is 13.9. The van der Waals surface area contributed by atoms with E-state index < -0.39 is 23.9 Å². The molecule has 0 atom stereocenters. The molecular weight excluding hydrogens is 899 g/mol. The molecule has 0 saturated carbocycles. The molecule has 0 aromatic heterocycles. The quantitative estimate of drug-likeness (QED) is 0.0787. The minimum atomic E-state index is -1.19. The lowest BCUT2D eigenvalue weighted by molar-refractivity contribution is 0.0681. The summed E-state index contributed by atoms with van der Waals surface area (Å²) in [5.41, 5.74) is 10.4. The maximum Gasteiger partial charge on any atom is 0.336 e. The lowest BCUT2D eigenvalue weighted by atomic mass is 9.81. The van der Waals surface area contributed by atoms with Crippen molar-refractivity contribution in [2.45, 2.75) is 60.3 Å². The maximum absolute atomic E-state index is 13.6. The second-order valence-corrected chi connectivity index (χ2v) is 17.9. The molecule has 72 heavy (non-hydrogen) atoms. The molecule has 0 fully saturated rings. The zero-order valence-corrected chi connectivity index (χ0v) is 40.7. The predicted molar refractivity (Wildman–Crippen MR) is 288 cm³/mol. The maximum atomic E-state index is 13.6. The molecular formula is C63H53NO8. The van der Waals surface area contributed by atoms with E-state index in [4.69, 9.17) is 0 Å². The first-order valence-corrected chi connectivity index (χ1v) is 24.2. The van der Waals surface area contributed by atoms with Crippen LogP contribution in [-0.4, -0.2) is 44.3 Å². The third-order valence-corrected chi connectivity index (χ3v) is 13.9. The molecule has 0 heterocycles. The van der Waals surface area contributed by atoms with Gasteiger partial charge in [0.05, 0.1) is 22.3 Å². The smallest absolute Gasteiger partial charge is 0.336 e. The second-order valence-electron chi connectivity index (χ2n) is 17.9. The Morgan fingerprint density at radius 3 is 1.46 bits per heavy atom. The monoisotopic (exact) mass is 951 g/mol. The highest BCUT2D eigenvalue weighted by atomic mass is 16.4. The van der Waals surface area contributed by atoms with E-state index in [1.807, 2.05) is 174 Å². The van der Waals surface area contributed by atoms with E-state index in [9.17, 15) is 39.6 Å². The summed E-state index contributed by atoms with van der Waals surface area (Å²) in [7, 11) is 0. The number of aromatic carboxylic acids is 4. The van der Waals surface area contributed by atoms with Gasteiger partial charge in [0.1, 0.15) is 0 Å². The van der Waals surface area contributed by atoms with Crippen molar-refractivity contribution in [3.8, 4) is 44.5 Å². The average Bonchev–Trinajstić information content (AvgIpc) is 3.39. The summed E-state index contributed by atoms with van der Waals surface area (Å²) in [4.78, 5) is 55.5. The molecule has 0 spiro atoms. The van der Waals surface area contributed by atoms with Crippen molar-refractivity contribution in [2.24, 2.45) is 0 Å². The molecule has 0 bridgehead atoms. The van der Waals surface area contributed by atoms with Crippen molar-refractivity contribution in [1.29, 1.82) is 0 Å².